The number of hydrogen-bond donors (Lipinski definition) is 1. The minimum Gasteiger partial charge on any atom is -0.338 e. The van der Waals surface area contributed by atoms with Gasteiger partial charge in [0.25, 0.3) is 0 Å². The van der Waals surface area contributed by atoms with Crippen molar-refractivity contribution in [2.45, 2.75) is 19.8 Å². The fourth-order valence-electron chi connectivity index (χ4n) is 2.04. The maximum atomic E-state index is 5.74. The molecule has 0 atom stereocenters. The zero-order chi connectivity index (χ0) is 15.5. The third-order valence-corrected chi connectivity index (χ3v) is 3.44. The molecule has 2 heterocycles. The molecular weight excluding hydrogens is 300 g/mol. The number of hydrogen-bond acceptors (Lipinski definition) is 5. The Labute approximate surface area is 133 Å². The molecule has 22 heavy (non-hydrogen) atoms. The van der Waals surface area contributed by atoms with Crippen LogP contribution in [0, 0.1) is 0 Å². The second-order valence-corrected chi connectivity index (χ2v) is 5.53. The molecule has 112 valence electrons. The fourth-order valence-corrected chi connectivity index (χ4v) is 2.19. The van der Waals surface area contributed by atoms with Crippen LogP contribution in [0.1, 0.15) is 25.3 Å². The van der Waals surface area contributed by atoms with E-state index in [4.69, 9.17) is 16.1 Å². The lowest BCUT2D eigenvalue weighted by atomic mass is 10.0. The Morgan fingerprint density at radius 2 is 1.91 bits per heavy atom. The van der Waals surface area contributed by atoms with Crippen LogP contribution in [0.2, 0.25) is 5.28 Å². The van der Waals surface area contributed by atoms with Crippen LogP contribution < -0.4 is 5.32 Å². The molecule has 3 aromatic rings. The third-order valence-electron chi connectivity index (χ3n) is 3.26. The zero-order valence-electron chi connectivity index (χ0n) is 12.2. The van der Waals surface area contributed by atoms with Gasteiger partial charge in [-0.2, -0.15) is 0 Å². The standard InChI is InChI=1S/C16H15ClN4O/c1-10(2)11-3-5-12(6-4-11)13-9-15(22-21-13)19-14-7-8-18-16(17)20-14/h3-10H,1-2H3,(H,18,19,20). The normalized spacial score (nSPS) is 10.9. The molecule has 3 rings (SSSR count). The van der Waals surface area contributed by atoms with Crippen molar-refractivity contribution in [2.75, 3.05) is 5.32 Å². The van der Waals surface area contributed by atoms with E-state index < -0.39 is 0 Å². The lowest BCUT2D eigenvalue weighted by Crippen LogP contribution is -1.92. The summed E-state index contributed by atoms with van der Waals surface area (Å²) in [6, 6.07) is 11.8. The van der Waals surface area contributed by atoms with E-state index in [-0.39, 0.29) is 5.28 Å². The van der Waals surface area contributed by atoms with Crippen LogP contribution in [-0.2, 0) is 0 Å². The van der Waals surface area contributed by atoms with Crippen molar-refractivity contribution in [3.63, 3.8) is 0 Å². The molecule has 0 aliphatic carbocycles. The number of nitrogens with one attached hydrogen (secondary N) is 1. The van der Waals surface area contributed by atoms with Gasteiger partial charge in [0.2, 0.25) is 11.2 Å². The van der Waals surface area contributed by atoms with Crippen LogP contribution >= 0.6 is 11.6 Å². The van der Waals surface area contributed by atoms with Crippen molar-refractivity contribution in [1.29, 1.82) is 0 Å². The van der Waals surface area contributed by atoms with E-state index in [1.807, 2.05) is 18.2 Å². The van der Waals surface area contributed by atoms with E-state index >= 15 is 0 Å². The van der Waals surface area contributed by atoms with Crippen molar-refractivity contribution >= 4 is 23.3 Å². The highest BCUT2D eigenvalue weighted by Crippen LogP contribution is 2.25. The first-order valence-electron chi connectivity index (χ1n) is 6.94. The Morgan fingerprint density at radius 1 is 1.14 bits per heavy atom. The molecule has 1 N–H and O–H groups in total. The average molecular weight is 315 g/mol. The molecule has 0 amide bonds. The van der Waals surface area contributed by atoms with Crippen LogP contribution in [0.25, 0.3) is 11.3 Å². The number of halogens is 1. The summed E-state index contributed by atoms with van der Waals surface area (Å²) in [4.78, 5) is 7.86. The summed E-state index contributed by atoms with van der Waals surface area (Å²) < 4.78 is 5.28. The van der Waals surface area contributed by atoms with Gasteiger partial charge in [0, 0.05) is 17.8 Å². The molecule has 6 heteroatoms. The van der Waals surface area contributed by atoms with E-state index in [1.54, 1.807) is 12.3 Å². The highest BCUT2D eigenvalue weighted by atomic mass is 35.5. The lowest BCUT2D eigenvalue weighted by molar-refractivity contribution is 0.437. The fraction of sp³-hybridized carbons (Fsp3) is 0.188. The van der Waals surface area contributed by atoms with E-state index in [0.29, 0.717) is 17.6 Å². The molecule has 1 aromatic carbocycles. The van der Waals surface area contributed by atoms with E-state index in [1.165, 1.54) is 5.56 Å². The summed E-state index contributed by atoms with van der Waals surface area (Å²) in [6.45, 7) is 4.33. The minimum atomic E-state index is 0.175. The summed E-state index contributed by atoms with van der Waals surface area (Å²) >= 11 is 5.74. The van der Waals surface area contributed by atoms with Gasteiger partial charge in [0.05, 0.1) is 0 Å². The Kier molecular flexibility index (Phi) is 4.06. The lowest BCUT2D eigenvalue weighted by Gasteiger charge is -2.04. The molecule has 0 aliphatic rings. The maximum Gasteiger partial charge on any atom is 0.230 e. The minimum absolute atomic E-state index is 0.175. The SMILES string of the molecule is CC(C)c1ccc(-c2cc(Nc3ccnc(Cl)n3)on2)cc1. The van der Waals surface area contributed by atoms with E-state index in [0.717, 1.165) is 11.3 Å². The molecule has 0 aliphatic heterocycles. The van der Waals surface area contributed by atoms with E-state index in [2.05, 4.69) is 46.4 Å². The number of nitrogens with zero attached hydrogens (tertiary/aromatic N) is 3. The third kappa shape index (κ3) is 3.26. The Hall–Kier alpha value is -2.40. The summed E-state index contributed by atoms with van der Waals surface area (Å²) in [5, 5.41) is 7.24. The van der Waals surface area contributed by atoms with Gasteiger partial charge in [-0.25, -0.2) is 9.97 Å². The smallest absolute Gasteiger partial charge is 0.230 e. The van der Waals surface area contributed by atoms with Crippen molar-refractivity contribution in [3.05, 3.63) is 53.4 Å². The highest BCUT2D eigenvalue weighted by molar-refractivity contribution is 6.28. The molecule has 0 bridgehead atoms. The zero-order valence-corrected chi connectivity index (χ0v) is 13.0. The molecule has 0 saturated carbocycles. The van der Waals surface area contributed by atoms with Gasteiger partial charge in [-0.05, 0) is 29.1 Å². The van der Waals surface area contributed by atoms with E-state index in [9.17, 15) is 0 Å². The summed E-state index contributed by atoms with van der Waals surface area (Å²) in [5.74, 6) is 1.56. The molecule has 0 spiro atoms. The Balaban J connectivity index is 1.78. The second-order valence-electron chi connectivity index (χ2n) is 5.19. The Morgan fingerprint density at radius 3 is 2.59 bits per heavy atom. The number of anilines is 2. The summed E-state index contributed by atoms with van der Waals surface area (Å²) in [5.41, 5.74) is 3.06. The van der Waals surface area contributed by atoms with Crippen molar-refractivity contribution in [2.24, 2.45) is 0 Å². The van der Waals surface area contributed by atoms with Gasteiger partial charge in [-0.1, -0.05) is 43.3 Å². The average Bonchev–Trinajstić information content (AvgIpc) is 2.96. The van der Waals surface area contributed by atoms with Crippen molar-refractivity contribution < 1.29 is 4.52 Å². The number of rotatable bonds is 4. The molecule has 0 saturated heterocycles. The molecule has 0 radical (unpaired) electrons. The molecule has 5 nitrogen and oxygen atoms in total. The van der Waals surface area contributed by atoms with Crippen molar-refractivity contribution in [1.82, 2.24) is 15.1 Å². The number of aromatic nitrogens is 3. The van der Waals surface area contributed by atoms with Gasteiger partial charge < -0.3 is 9.84 Å². The van der Waals surface area contributed by atoms with Crippen LogP contribution in [-0.4, -0.2) is 15.1 Å². The van der Waals surface area contributed by atoms with Gasteiger partial charge in [0.1, 0.15) is 11.5 Å². The van der Waals surface area contributed by atoms with Crippen LogP contribution in [0.15, 0.2) is 47.1 Å². The molecule has 2 aromatic heterocycles. The van der Waals surface area contributed by atoms with Crippen LogP contribution in [0.3, 0.4) is 0 Å². The number of benzene rings is 1. The topological polar surface area (TPSA) is 63.8 Å². The molecule has 0 unspecified atom stereocenters. The van der Waals surface area contributed by atoms with Crippen molar-refractivity contribution in [3.8, 4) is 11.3 Å². The largest absolute Gasteiger partial charge is 0.338 e. The first kappa shape index (κ1) is 14.5. The van der Waals surface area contributed by atoms with Gasteiger partial charge >= 0.3 is 0 Å². The quantitative estimate of drug-likeness (QED) is 0.710. The maximum absolute atomic E-state index is 5.74. The van der Waals surface area contributed by atoms with Crippen LogP contribution in [0.4, 0.5) is 11.7 Å². The van der Waals surface area contributed by atoms with Gasteiger partial charge in [-0.15, -0.1) is 0 Å². The summed E-state index contributed by atoms with van der Waals surface area (Å²) in [6.07, 6.45) is 1.57. The first-order valence-corrected chi connectivity index (χ1v) is 7.32. The second kappa shape index (κ2) is 6.15. The monoisotopic (exact) mass is 314 g/mol. The predicted molar refractivity (Wildman–Crippen MR) is 86.4 cm³/mol. The molecular formula is C16H15ClN4O. The van der Waals surface area contributed by atoms with Gasteiger partial charge in [-0.3, -0.25) is 0 Å². The molecule has 0 fully saturated rings. The Bertz CT molecular complexity index is 768. The van der Waals surface area contributed by atoms with Gasteiger partial charge in [0.15, 0.2) is 0 Å². The summed E-state index contributed by atoms with van der Waals surface area (Å²) in [7, 11) is 0. The van der Waals surface area contributed by atoms with Crippen LogP contribution in [0.5, 0.6) is 0 Å². The first-order chi connectivity index (χ1) is 10.6. The highest BCUT2D eigenvalue weighted by Gasteiger charge is 2.08. The predicted octanol–water partition coefficient (Wildman–Crippen LogP) is 4.65.